The van der Waals surface area contributed by atoms with Crippen molar-refractivity contribution < 1.29 is 19.1 Å². The van der Waals surface area contributed by atoms with Crippen LogP contribution >= 0.6 is 0 Å². The van der Waals surface area contributed by atoms with Crippen molar-refractivity contribution in [3.63, 3.8) is 0 Å². The molecule has 0 aromatic carbocycles. The van der Waals surface area contributed by atoms with Gasteiger partial charge in [0.1, 0.15) is 12.6 Å². The van der Waals surface area contributed by atoms with Crippen LogP contribution in [0.25, 0.3) is 0 Å². The first-order valence-electron chi connectivity index (χ1n) is 6.18. The van der Waals surface area contributed by atoms with E-state index in [2.05, 4.69) is 0 Å². The molecule has 0 unspecified atom stereocenters. The molecule has 94 valence electrons. The van der Waals surface area contributed by atoms with Crippen LogP contribution < -0.4 is 0 Å². The Morgan fingerprint density at radius 1 is 1.59 bits per heavy atom. The van der Waals surface area contributed by atoms with E-state index in [9.17, 15) is 9.90 Å². The van der Waals surface area contributed by atoms with Crippen molar-refractivity contribution in [2.45, 2.75) is 25.4 Å². The van der Waals surface area contributed by atoms with Gasteiger partial charge in [0.2, 0.25) is 5.60 Å². The number of piperidine rings is 3. The van der Waals surface area contributed by atoms with Crippen LogP contribution in [-0.4, -0.2) is 53.9 Å². The summed E-state index contributed by atoms with van der Waals surface area (Å²) in [4.78, 5) is 11.6. The monoisotopic (exact) mass is 239 g/mol. The van der Waals surface area contributed by atoms with E-state index in [0.29, 0.717) is 17.6 Å². The molecular formula is C12H19N2O3+. The second-order valence-corrected chi connectivity index (χ2v) is 5.22. The highest BCUT2D eigenvalue weighted by atomic mass is 16.5. The van der Waals surface area contributed by atoms with E-state index in [-0.39, 0.29) is 18.4 Å². The van der Waals surface area contributed by atoms with Crippen molar-refractivity contribution in [1.29, 1.82) is 5.26 Å². The highest BCUT2D eigenvalue weighted by Crippen LogP contribution is 2.39. The average molecular weight is 239 g/mol. The van der Waals surface area contributed by atoms with Crippen LogP contribution in [-0.2, 0) is 9.53 Å². The fourth-order valence-electron chi connectivity index (χ4n) is 3.21. The Hall–Kier alpha value is -1.12. The van der Waals surface area contributed by atoms with Crippen LogP contribution in [0.3, 0.4) is 0 Å². The summed E-state index contributed by atoms with van der Waals surface area (Å²) in [5.74, 6) is -0.150. The summed E-state index contributed by atoms with van der Waals surface area (Å²) in [5.41, 5.74) is -1.25. The number of carbonyl (C=O) groups is 1. The molecule has 0 aromatic heterocycles. The molecule has 3 fully saturated rings. The fourth-order valence-corrected chi connectivity index (χ4v) is 3.21. The second kappa shape index (κ2) is 4.28. The summed E-state index contributed by atoms with van der Waals surface area (Å²) in [6.45, 7) is 4.55. The number of ether oxygens (including phenoxy) is 1. The molecule has 2 bridgehead atoms. The van der Waals surface area contributed by atoms with Crippen molar-refractivity contribution in [3.05, 3.63) is 0 Å². The first-order chi connectivity index (χ1) is 8.03. The number of nitrogens with zero attached hydrogens (tertiary/aromatic N) is 2. The molecule has 0 saturated carbocycles. The van der Waals surface area contributed by atoms with E-state index in [4.69, 9.17) is 10.00 Å². The van der Waals surface area contributed by atoms with Crippen molar-refractivity contribution in [1.82, 2.24) is 0 Å². The Morgan fingerprint density at radius 3 is 2.76 bits per heavy atom. The molecule has 0 radical (unpaired) electrons. The standard InChI is InChI=1S/C12H19N2O3/c1-2-17-11(15)7-14-5-3-10(4-6-14)12(16,8-13)9-14/h10,16H,2-7,9H2,1H3/q+1/t10?,12-,14?/m0/s1. The van der Waals surface area contributed by atoms with Gasteiger partial charge in [0.15, 0.2) is 6.54 Å². The smallest absolute Gasteiger partial charge is 0.361 e. The second-order valence-electron chi connectivity index (χ2n) is 5.22. The number of hydrogen-bond donors (Lipinski definition) is 1. The van der Waals surface area contributed by atoms with Gasteiger partial charge in [-0.2, -0.15) is 5.26 Å². The summed E-state index contributed by atoms with van der Waals surface area (Å²) in [7, 11) is 0. The van der Waals surface area contributed by atoms with Gasteiger partial charge in [-0.3, -0.25) is 0 Å². The van der Waals surface area contributed by atoms with Crippen LogP contribution in [0, 0.1) is 17.2 Å². The predicted molar refractivity (Wildman–Crippen MR) is 59.6 cm³/mol. The van der Waals surface area contributed by atoms with Gasteiger partial charge in [-0.05, 0) is 6.92 Å². The lowest BCUT2D eigenvalue weighted by molar-refractivity contribution is -0.942. The highest BCUT2D eigenvalue weighted by molar-refractivity contribution is 5.70. The van der Waals surface area contributed by atoms with Gasteiger partial charge in [0.05, 0.1) is 19.7 Å². The number of carbonyl (C=O) groups excluding carboxylic acids is 1. The Balaban J connectivity index is 2.10. The number of fused-ring (bicyclic) bond motifs is 3. The summed E-state index contributed by atoms with van der Waals surface area (Å²) in [6, 6.07) is 2.03. The minimum Gasteiger partial charge on any atom is -0.462 e. The Bertz CT molecular complexity index is 355. The molecule has 3 aliphatic heterocycles. The van der Waals surface area contributed by atoms with Crippen LogP contribution in [0.4, 0.5) is 0 Å². The molecule has 0 aromatic rings. The van der Waals surface area contributed by atoms with E-state index >= 15 is 0 Å². The molecular weight excluding hydrogens is 220 g/mol. The molecule has 1 atom stereocenters. The van der Waals surface area contributed by atoms with Gasteiger partial charge in [0.25, 0.3) is 0 Å². The predicted octanol–water partition coefficient (Wildman–Crippen LogP) is 0.0446. The minimum atomic E-state index is -1.25. The Labute approximate surface area is 101 Å². The topological polar surface area (TPSA) is 70.3 Å². The number of rotatable bonds is 3. The summed E-state index contributed by atoms with van der Waals surface area (Å²) >= 11 is 0. The van der Waals surface area contributed by atoms with E-state index in [1.165, 1.54) is 0 Å². The van der Waals surface area contributed by atoms with E-state index in [1.54, 1.807) is 6.92 Å². The molecule has 1 N–H and O–H groups in total. The maximum absolute atomic E-state index is 11.6. The van der Waals surface area contributed by atoms with Gasteiger partial charge in [-0.1, -0.05) is 0 Å². The normalized spacial score (nSPS) is 39.7. The maximum atomic E-state index is 11.6. The number of quaternary nitrogens is 1. The fraction of sp³-hybridized carbons (Fsp3) is 0.833. The first kappa shape index (κ1) is 12.3. The first-order valence-corrected chi connectivity index (χ1v) is 6.18. The zero-order chi connectivity index (χ0) is 12.5. The lowest BCUT2D eigenvalue weighted by atomic mass is 9.74. The summed E-state index contributed by atoms with van der Waals surface area (Å²) in [5, 5.41) is 19.3. The molecule has 0 aliphatic carbocycles. The van der Waals surface area contributed by atoms with Gasteiger partial charge >= 0.3 is 5.97 Å². The molecule has 3 aliphatic rings. The zero-order valence-electron chi connectivity index (χ0n) is 10.2. The van der Waals surface area contributed by atoms with E-state index in [0.717, 1.165) is 25.9 Å². The lowest BCUT2D eigenvalue weighted by Gasteiger charge is -2.53. The van der Waals surface area contributed by atoms with Crippen molar-refractivity contribution >= 4 is 5.97 Å². The van der Waals surface area contributed by atoms with Crippen LogP contribution in [0.2, 0.25) is 0 Å². The average Bonchev–Trinajstić information content (AvgIpc) is 2.29. The molecule has 17 heavy (non-hydrogen) atoms. The third kappa shape index (κ3) is 2.15. The van der Waals surface area contributed by atoms with Crippen LogP contribution in [0.15, 0.2) is 0 Å². The van der Waals surface area contributed by atoms with Crippen molar-refractivity contribution in [3.8, 4) is 6.07 Å². The van der Waals surface area contributed by atoms with Crippen LogP contribution in [0.5, 0.6) is 0 Å². The van der Waals surface area contributed by atoms with Crippen molar-refractivity contribution in [2.24, 2.45) is 5.92 Å². The molecule has 0 spiro atoms. The largest absolute Gasteiger partial charge is 0.462 e. The highest BCUT2D eigenvalue weighted by Gasteiger charge is 2.55. The Kier molecular flexibility index (Phi) is 3.11. The van der Waals surface area contributed by atoms with Gasteiger partial charge in [-0.25, -0.2) is 4.79 Å². The molecule has 3 saturated heterocycles. The maximum Gasteiger partial charge on any atom is 0.361 e. The number of aliphatic hydroxyl groups is 1. The summed E-state index contributed by atoms with van der Waals surface area (Å²) in [6.07, 6.45) is 1.65. The molecule has 3 heterocycles. The molecule has 5 heteroatoms. The lowest BCUT2D eigenvalue weighted by Crippen LogP contribution is -2.69. The van der Waals surface area contributed by atoms with Gasteiger partial charge in [0, 0.05) is 18.8 Å². The third-order valence-electron chi connectivity index (χ3n) is 4.12. The number of esters is 1. The molecule has 5 nitrogen and oxygen atoms in total. The molecule has 0 amide bonds. The van der Waals surface area contributed by atoms with Gasteiger partial charge in [-0.15, -0.1) is 0 Å². The van der Waals surface area contributed by atoms with Crippen LogP contribution in [0.1, 0.15) is 19.8 Å². The van der Waals surface area contributed by atoms with E-state index in [1.807, 2.05) is 6.07 Å². The minimum absolute atomic E-state index is 0.0784. The Morgan fingerprint density at radius 2 is 2.24 bits per heavy atom. The number of nitriles is 1. The quantitative estimate of drug-likeness (QED) is 0.429. The molecule has 3 rings (SSSR count). The SMILES string of the molecule is CCOC(=O)C[N+]12CCC(CC1)[C@](O)(C#N)C2. The third-order valence-corrected chi connectivity index (χ3v) is 4.12. The summed E-state index contributed by atoms with van der Waals surface area (Å²) < 4.78 is 5.48. The van der Waals surface area contributed by atoms with Crippen molar-refractivity contribution in [2.75, 3.05) is 32.8 Å². The number of hydrogen-bond acceptors (Lipinski definition) is 4. The zero-order valence-corrected chi connectivity index (χ0v) is 10.2. The van der Waals surface area contributed by atoms with Gasteiger partial charge < -0.3 is 14.3 Å². The van der Waals surface area contributed by atoms with E-state index < -0.39 is 5.60 Å².